The Kier molecular flexibility index (Phi) is 2.25. The molecule has 14 heavy (non-hydrogen) atoms. The monoisotopic (exact) mass is 195 g/mol. The molecule has 1 saturated carbocycles. The molecule has 1 fully saturated rings. The van der Waals surface area contributed by atoms with E-state index in [1.54, 1.807) is 6.20 Å². The lowest BCUT2D eigenvalue weighted by Crippen LogP contribution is -2.14. The molecule has 0 spiro atoms. The lowest BCUT2D eigenvalue weighted by molar-refractivity contribution is -0.137. The molecule has 5 heteroatoms. The van der Waals surface area contributed by atoms with E-state index in [0.717, 1.165) is 18.4 Å². The summed E-state index contributed by atoms with van der Waals surface area (Å²) in [6, 6.07) is 0.0702. The standard InChI is InChI=1S/C9H13N3O2/c10-8(3-9(13)14)6-4-11-12(5-6)7-1-2-7/h4-5,7-8H,1-3,10H2,(H,13,14). The maximum atomic E-state index is 10.4. The average Bonchev–Trinajstić information content (AvgIpc) is 2.82. The number of aromatic nitrogens is 2. The van der Waals surface area contributed by atoms with Gasteiger partial charge < -0.3 is 10.8 Å². The summed E-state index contributed by atoms with van der Waals surface area (Å²) in [7, 11) is 0. The molecule has 1 heterocycles. The van der Waals surface area contributed by atoms with E-state index in [9.17, 15) is 4.79 Å². The zero-order chi connectivity index (χ0) is 10.1. The lowest BCUT2D eigenvalue weighted by atomic mass is 10.1. The molecule has 1 atom stereocenters. The van der Waals surface area contributed by atoms with E-state index in [2.05, 4.69) is 5.10 Å². The van der Waals surface area contributed by atoms with E-state index >= 15 is 0 Å². The van der Waals surface area contributed by atoms with Gasteiger partial charge in [-0.1, -0.05) is 0 Å². The fraction of sp³-hybridized carbons (Fsp3) is 0.556. The largest absolute Gasteiger partial charge is 0.481 e. The van der Waals surface area contributed by atoms with Crippen LogP contribution in [0.3, 0.4) is 0 Å². The molecule has 1 aliphatic rings. The van der Waals surface area contributed by atoms with Crippen LogP contribution in [0.25, 0.3) is 0 Å². The first-order valence-electron chi connectivity index (χ1n) is 4.68. The van der Waals surface area contributed by atoms with Crippen LogP contribution in [-0.4, -0.2) is 20.9 Å². The molecule has 2 rings (SSSR count). The fourth-order valence-electron chi connectivity index (χ4n) is 1.39. The zero-order valence-corrected chi connectivity index (χ0v) is 7.76. The summed E-state index contributed by atoms with van der Waals surface area (Å²) in [5.74, 6) is -0.878. The van der Waals surface area contributed by atoms with Gasteiger partial charge in [0.25, 0.3) is 0 Å². The minimum Gasteiger partial charge on any atom is -0.481 e. The second-order valence-corrected chi connectivity index (χ2v) is 3.69. The molecule has 5 nitrogen and oxygen atoms in total. The molecule has 0 amide bonds. The maximum Gasteiger partial charge on any atom is 0.305 e. The molecule has 1 aromatic rings. The summed E-state index contributed by atoms with van der Waals surface area (Å²) in [5.41, 5.74) is 6.50. The van der Waals surface area contributed by atoms with Gasteiger partial charge in [0, 0.05) is 17.8 Å². The van der Waals surface area contributed by atoms with Crippen LogP contribution in [0, 0.1) is 0 Å². The van der Waals surface area contributed by atoms with Crippen LogP contribution in [0.1, 0.15) is 36.9 Å². The lowest BCUT2D eigenvalue weighted by Gasteiger charge is -2.04. The summed E-state index contributed by atoms with van der Waals surface area (Å²) in [4.78, 5) is 10.4. The van der Waals surface area contributed by atoms with E-state index in [1.165, 1.54) is 0 Å². The maximum absolute atomic E-state index is 10.4. The Balaban J connectivity index is 2.03. The predicted molar refractivity (Wildman–Crippen MR) is 49.7 cm³/mol. The van der Waals surface area contributed by atoms with E-state index in [0.29, 0.717) is 6.04 Å². The second kappa shape index (κ2) is 3.42. The Bertz CT molecular complexity index is 344. The first-order chi connectivity index (χ1) is 6.66. The highest BCUT2D eigenvalue weighted by Gasteiger charge is 2.25. The van der Waals surface area contributed by atoms with Crippen LogP contribution in [-0.2, 0) is 4.79 Å². The fourth-order valence-corrected chi connectivity index (χ4v) is 1.39. The van der Waals surface area contributed by atoms with E-state index < -0.39 is 12.0 Å². The third-order valence-electron chi connectivity index (χ3n) is 2.37. The van der Waals surface area contributed by atoms with Gasteiger partial charge in [-0.15, -0.1) is 0 Å². The number of carbonyl (C=O) groups is 1. The van der Waals surface area contributed by atoms with Crippen molar-refractivity contribution >= 4 is 5.97 Å². The molecule has 3 N–H and O–H groups in total. The van der Waals surface area contributed by atoms with Crippen LogP contribution >= 0.6 is 0 Å². The summed E-state index contributed by atoms with van der Waals surface area (Å²) in [6.07, 6.45) is 5.79. The first-order valence-corrected chi connectivity index (χ1v) is 4.68. The molecule has 0 aromatic carbocycles. The van der Waals surface area contributed by atoms with Crippen LogP contribution in [0.5, 0.6) is 0 Å². The summed E-state index contributed by atoms with van der Waals surface area (Å²) >= 11 is 0. The van der Waals surface area contributed by atoms with Crippen LogP contribution in [0.4, 0.5) is 0 Å². The molecule has 1 aromatic heterocycles. The normalized spacial score (nSPS) is 18.1. The smallest absolute Gasteiger partial charge is 0.305 e. The van der Waals surface area contributed by atoms with Gasteiger partial charge in [0.05, 0.1) is 18.7 Å². The molecule has 1 aliphatic carbocycles. The Hall–Kier alpha value is -1.36. The first kappa shape index (κ1) is 9.21. The van der Waals surface area contributed by atoms with Crippen LogP contribution in [0.15, 0.2) is 12.4 Å². The predicted octanol–water partition coefficient (Wildman–Crippen LogP) is 0.692. The minimum absolute atomic E-state index is 0.0453. The Labute approximate surface area is 81.5 Å². The van der Waals surface area contributed by atoms with Gasteiger partial charge in [-0.05, 0) is 12.8 Å². The Morgan fingerprint density at radius 1 is 1.79 bits per heavy atom. The number of aliphatic carboxylic acids is 1. The Morgan fingerprint density at radius 3 is 3.07 bits per heavy atom. The van der Waals surface area contributed by atoms with Crippen molar-refractivity contribution in [1.82, 2.24) is 9.78 Å². The molecular formula is C9H13N3O2. The molecular weight excluding hydrogens is 182 g/mol. The second-order valence-electron chi connectivity index (χ2n) is 3.69. The summed E-state index contributed by atoms with van der Waals surface area (Å²) in [5, 5.41) is 12.7. The molecule has 0 radical (unpaired) electrons. The number of hydrogen-bond acceptors (Lipinski definition) is 3. The van der Waals surface area contributed by atoms with Gasteiger partial charge in [-0.25, -0.2) is 0 Å². The van der Waals surface area contributed by atoms with Gasteiger partial charge in [-0.3, -0.25) is 9.48 Å². The third kappa shape index (κ3) is 1.93. The van der Waals surface area contributed by atoms with Crippen molar-refractivity contribution in [1.29, 1.82) is 0 Å². The number of nitrogens with zero attached hydrogens (tertiary/aromatic N) is 2. The zero-order valence-electron chi connectivity index (χ0n) is 7.76. The minimum atomic E-state index is -0.878. The highest BCUT2D eigenvalue weighted by Crippen LogP contribution is 2.34. The topological polar surface area (TPSA) is 81.1 Å². The van der Waals surface area contributed by atoms with Gasteiger partial charge in [0.1, 0.15) is 0 Å². The molecule has 0 bridgehead atoms. The number of nitrogens with two attached hydrogens (primary N) is 1. The highest BCUT2D eigenvalue weighted by molar-refractivity contribution is 5.67. The van der Waals surface area contributed by atoms with Crippen molar-refractivity contribution in [3.05, 3.63) is 18.0 Å². The van der Waals surface area contributed by atoms with Crippen LogP contribution < -0.4 is 5.73 Å². The van der Waals surface area contributed by atoms with E-state index in [4.69, 9.17) is 10.8 Å². The van der Waals surface area contributed by atoms with Crippen molar-refractivity contribution in [3.8, 4) is 0 Å². The third-order valence-corrected chi connectivity index (χ3v) is 2.37. The van der Waals surface area contributed by atoms with Crippen molar-refractivity contribution in [3.63, 3.8) is 0 Å². The molecule has 0 aliphatic heterocycles. The Morgan fingerprint density at radius 2 is 2.50 bits per heavy atom. The number of hydrogen-bond donors (Lipinski definition) is 2. The van der Waals surface area contributed by atoms with Crippen molar-refractivity contribution in [2.45, 2.75) is 31.3 Å². The summed E-state index contributed by atoms with van der Waals surface area (Å²) < 4.78 is 1.87. The van der Waals surface area contributed by atoms with Gasteiger partial charge in [-0.2, -0.15) is 5.10 Å². The van der Waals surface area contributed by atoms with Crippen molar-refractivity contribution in [2.75, 3.05) is 0 Å². The highest BCUT2D eigenvalue weighted by atomic mass is 16.4. The van der Waals surface area contributed by atoms with Gasteiger partial charge in [0.2, 0.25) is 0 Å². The van der Waals surface area contributed by atoms with Crippen molar-refractivity contribution in [2.24, 2.45) is 5.73 Å². The number of carboxylic acids is 1. The SMILES string of the molecule is NC(CC(=O)O)c1cnn(C2CC2)c1. The van der Waals surface area contributed by atoms with E-state index in [-0.39, 0.29) is 6.42 Å². The van der Waals surface area contributed by atoms with Crippen LogP contribution in [0.2, 0.25) is 0 Å². The number of rotatable bonds is 4. The number of carboxylic acid groups (broad SMARTS) is 1. The summed E-state index contributed by atoms with van der Waals surface area (Å²) in [6.45, 7) is 0. The quantitative estimate of drug-likeness (QED) is 0.740. The van der Waals surface area contributed by atoms with Crippen molar-refractivity contribution < 1.29 is 9.90 Å². The van der Waals surface area contributed by atoms with E-state index in [1.807, 2.05) is 10.9 Å². The molecule has 0 saturated heterocycles. The molecule has 1 unspecified atom stereocenters. The van der Waals surface area contributed by atoms with Gasteiger partial charge >= 0.3 is 5.97 Å². The molecule has 76 valence electrons. The van der Waals surface area contributed by atoms with Gasteiger partial charge in [0.15, 0.2) is 0 Å². The average molecular weight is 195 g/mol.